The molecule has 0 unspecified atom stereocenters. The minimum Gasteiger partial charge on any atom is -0.352 e. The van der Waals surface area contributed by atoms with Gasteiger partial charge in [-0.05, 0) is 73.9 Å². The summed E-state index contributed by atoms with van der Waals surface area (Å²) in [5.41, 5.74) is 2.51. The van der Waals surface area contributed by atoms with Crippen LogP contribution in [0.25, 0.3) is 0 Å². The molecule has 2 amide bonds. The van der Waals surface area contributed by atoms with E-state index in [2.05, 4.69) is 5.32 Å². The lowest BCUT2D eigenvalue weighted by Crippen LogP contribution is -2.54. The molecule has 1 atom stereocenters. The number of sulfonamides is 1. The maximum atomic E-state index is 14.7. The van der Waals surface area contributed by atoms with E-state index in [0.717, 1.165) is 41.1 Å². The lowest BCUT2D eigenvalue weighted by atomic mass is 10.0. The number of carbonyl (C=O) groups is 2. The first-order valence-corrected chi connectivity index (χ1v) is 18.0. The number of halogens is 3. The number of nitrogens with one attached hydrogen (secondary N) is 1. The second-order valence-corrected chi connectivity index (χ2v) is 14.8. The second-order valence-electron chi connectivity index (χ2n) is 11.7. The lowest BCUT2D eigenvalue weighted by molar-refractivity contribution is -0.140. The van der Waals surface area contributed by atoms with Crippen LogP contribution in [0.2, 0.25) is 15.1 Å². The highest BCUT2D eigenvalue weighted by molar-refractivity contribution is 7.92. The third kappa shape index (κ3) is 8.68. The molecule has 1 aliphatic rings. The number of rotatable bonds is 12. The van der Waals surface area contributed by atoms with Gasteiger partial charge in [-0.2, -0.15) is 0 Å². The van der Waals surface area contributed by atoms with E-state index in [1.54, 1.807) is 42.5 Å². The second kappa shape index (κ2) is 15.6. The first-order chi connectivity index (χ1) is 22.5. The largest absolute Gasteiger partial charge is 0.352 e. The molecule has 1 aliphatic carbocycles. The van der Waals surface area contributed by atoms with E-state index < -0.39 is 28.5 Å². The Morgan fingerprint density at radius 1 is 0.830 bits per heavy atom. The molecular formula is C36H36Cl3N3O4S. The lowest BCUT2D eigenvalue weighted by Gasteiger charge is -2.34. The highest BCUT2D eigenvalue weighted by Crippen LogP contribution is 2.30. The van der Waals surface area contributed by atoms with Crippen molar-refractivity contribution < 1.29 is 18.0 Å². The molecule has 1 N–H and O–H groups in total. The Morgan fingerprint density at radius 2 is 1.45 bits per heavy atom. The van der Waals surface area contributed by atoms with Gasteiger partial charge in [0.25, 0.3) is 10.0 Å². The van der Waals surface area contributed by atoms with Gasteiger partial charge in [0.2, 0.25) is 11.8 Å². The fourth-order valence-electron chi connectivity index (χ4n) is 5.75. The minimum absolute atomic E-state index is 0.00374. The van der Waals surface area contributed by atoms with Crippen LogP contribution in [0.5, 0.6) is 0 Å². The topological polar surface area (TPSA) is 86.8 Å². The minimum atomic E-state index is -4.25. The summed E-state index contributed by atoms with van der Waals surface area (Å²) in [6.07, 6.45) is 3.94. The van der Waals surface area contributed by atoms with Crippen molar-refractivity contribution in [3.05, 3.63) is 129 Å². The van der Waals surface area contributed by atoms with Gasteiger partial charge in [-0.15, -0.1) is 0 Å². The van der Waals surface area contributed by atoms with Crippen molar-refractivity contribution >= 4 is 62.3 Å². The van der Waals surface area contributed by atoms with Crippen molar-refractivity contribution in [3.63, 3.8) is 0 Å². The van der Waals surface area contributed by atoms with Gasteiger partial charge >= 0.3 is 0 Å². The molecular weight excluding hydrogens is 677 g/mol. The summed E-state index contributed by atoms with van der Waals surface area (Å²) in [7, 11) is -4.25. The van der Waals surface area contributed by atoms with E-state index in [4.69, 9.17) is 34.8 Å². The molecule has 7 nitrogen and oxygen atoms in total. The number of benzene rings is 4. The van der Waals surface area contributed by atoms with Crippen LogP contribution in [-0.2, 0) is 32.6 Å². The zero-order valence-electron chi connectivity index (χ0n) is 25.9. The Bertz CT molecular complexity index is 1780. The Labute approximate surface area is 291 Å². The molecule has 0 radical (unpaired) electrons. The quantitative estimate of drug-likeness (QED) is 0.162. The van der Waals surface area contributed by atoms with E-state index in [9.17, 15) is 18.0 Å². The predicted molar refractivity (Wildman–Crippen MR) is 189 cm³/mol. The van der Waals surface area contributed by atoms with Gasteiger partial charge in [0.1, 0.15) is 12.6 Å². The van der Waals surface area contributed by atoms with Crippen molar-refractivity contribution in [2.45, 2.75) is 62.6 Å². The van der Waals surface area contributed by atoms with Crippen LogP contribution in [0.1, 0.15) is 42.4 Å². The molecule has 0 aromatic heterocycles. The average Bonchev–Trinajstić information content (AvgIpc) is 3.57. The molecule has 0 heterocycles. The Kier molecular flexibility index (Phi) is 11.5. The van der Waals surface area contributed by atoms with E-state index in [1.807, 2.05) is 37.3 Å². The van der Waals surface area contributed by atoms with Crippen molar-refractivity contribution in [3.8, 4) is 0 Å². The van der Waals surface area contributed by atoms with Crippen LogP contribution in [0, 0.1) is 6.92 Å². The maximum absolute atomic E-state index is 14.7. The van der Waals surface area contributed by atoms with Crippen LogP contribution < -0.4 is 9.62 Å². The standard InChI is InChI=1S/C36H36Cl3N3O4S/c1-25-14-18-29(19-15-25)42(47(45,46)30-20-16-27(37)17-21-30)24-35(43)41(23-31-32(38)12-7-13-33(31)39)34(22-26-8-3-2-4-9-26)36(44)40-28-10-5-6-11-28/h2-4,7-9,12-21,28,34H,5-6,10-11,22-24H2,1H3,(H,40,44)/t34-/m0/s1. The molecule has 0 saturated heterocycles. The molecule has 47 heavy (non-hydrogen) atoms. The average molecular weight is 713 g/mol. The molecule has 4 aromatic rings. The van der Waals surface area contributed by atoms with E-state index in [-0.39, 0.29) is 29.8 Å². The van der Waals surface area contributed by atoms with E-state index in [0.29, 0.717) is 26.3 Å². The molecule has 5 rings (SSSR count). The molecule has 0 spiro atoms. The number of aryl methyl sites for hydroxylation is 1. The third-order valence-electron chi connectivity index (χ3n) is 8.37. The summed E-state index contributed by atoms with van der Waals surface area (Å²) in [6, 6.07) is 26.1. The summed E-state index contributed by atoms with van der Waals surface area (Å²) in [5.74, 6) is -0.915. The van der Waals surface area contributed by atoms with Crippen LogP contribution in [0.15, 0.2) is 102 Å². The number of nitrogens with zero attached hydrogens (tertiary/aromatic N) is 2. The van der Waals surface area contributed by atoms with Crippen molar-refractivity contribution in [1.29, 1.82) is 0 Å². The van der Waals surface area contributed by atoms with Gasteiger partial charge < -0.3 is 10.2 Å². The first kappa shape index (κ1) is 34.8. The molecule has 4 aromatic carbocycles. The summed E-state index contributed by atoms with van der Waals surface area (Å²) in [4.78, 5) is 30.2. The molecule has 0 bridgehead atoms. The molecule has 1 saturated carbocycles. The summed E-state index contributed by atoms with van der Waals surface area (Å²) >= 11 is 19.3. The number of carbonyl (C=O) groups excluding carboxylic acids is 2. The highest BCUT2D eigenvalue weighted by Gasteiger charge is 2.36. The molecule has 0 aliphatic heterocycles. The van der Waals surface area contributed by atoms with Gasteiger partial charge in [0.05, 0.1) is 10.6 Å². The zero-order chi connectivity index (χ0) is 33.6. The number of amides is 2. The Morgan fingerprint density at radius 3 is 2.06 bits per heavy atom. The molecule has 11 heteroatoms. The molecule has 246 valence electrons. The van der Waals surface area contributed by atoms with Crippen molar-refractivity contribution in [2.24, 2.45) is 0 Å². The van der Waals surface area contributed by atoms with E-state index in [1.165, 1.54) is 29.2 Å². The summed E-state index contributed by atoms with van der Waals surface area (Å²) < 4.78 is 29.4. The normalized spacial score (nSPS) is 14.0. The van der Waals surface area contributed by atoms with Gasteiger partial charge in [0, 0.05) is 39.6 Å². The Balaban J connectivity index is 1.59. The van der Waals surface area contributed by atoms with Crippen molar-refractivity contribution in [2.75, 3.05) is 10.8 Å². The maximum Gasteiger partial charge on any atom is 0.264 e. The van der Waals surface area contributed by atoms with Crippen LogP contribution in [-0.4, -0.2) is 43.8 Å². The zero-order valence-corrected chi connectivity index (χ0v) is 29.0. The van der Waals surface area contributed by atoms with Gasteiger partial charge in [-0.1, -0.05) is 102 Å². The predicted octanol–water partition coefficient (Wildman–Crippen LogP) is 7.85. The van der Waals surface area contributed by atoms with Crippen LogP contribution in [0.4, 0.5) is 5.69 Å². The fourth-order valence-corrected chi connectivity index (χ4v) is 7.81. The van der Waals surface area contributed by atoms with Gasteiger partial charge in [0.15, 0.2) is 0 Å². The van der Waals surface area contributed by atoms with Crippen molar-refractivity contribution in [1.82, 2.24) is 10.2 Å². The third-order valence-corrected chi connectivity index (χ3v) is 11.1. The smallest absolute Gasteiger partial charge is 0.264 e. The summed E-state index contributed by atoms with van der Waals surface area (Å²) in [6.45, 7) is 1.19. The first-order valence-electron chi connectivity index (χ1n) is 15.4. The monoisotopic (exact) mass is 711 g/mol. The van der Waals surface area contributed by atoms with Gasteiger partial charge in [-0.25, -0.2) is 8.42 Å². The molecule has 1 fully saturated rings. The highest BCUT2D eigenvalue weighted by atomic mass is 35.5. The van der Waals surface area contributed by atoms with Gasteiger partial charge in [-0.3, -0.25) is 13.9 Å². The summed E-state index contributed by atoms with van der Waals surface area (Å²) in [5, 5.41) is 4.19. The Hall–Kier alpha value is -3.56. The van der Waals surface area contributed by atoms with Crippen LogP contribution >= 0.6 is 34.8 Å². The van der Waals surface area contributed by atoms with E-state index >= 15 is 0 Å². The number of anilines is 1. The fraction of sp³-hybridized carbons (Fsp3) is 0.278. The number of hydrogen-bond donors (Lipinski definition) is 1. The SMILES string of the molecule is Cc1ccc(N(CC(=O)N(Cc2c(Cl)cccc2Cl)[C@@H](Cc2ccccc2)C(=O)NC2CCCC2)S(=O)(=O)c2ccc(Cl)cc2)cc1. The van der Waals surface area contributed by atoms with Crippen LogP contribution in [0.3, 0.4) is 0 Å². The number of hydrogen-bond acceptors (Lipinski definition) is 4.